The lowest BCUT2D eigenvalue weighted by Gasteiger charge is -2.32. The van der Waals surface area contributed by atoms with Crippen molar-refractivity contribution in [1.29, 1.82) is 0 Å². The number of amides is 1. The van der Waals surface area contributed by atoms with E-state index >= 15 is 0 Å². The first kappa shape index (κ1) is 16.8. The minimum Gasteiger partial charge on any atom is -0.289 e. The van der Waals surface area contributed by atoms with Crippen LogP contribution >= 0.6 is 0 Å². The summed E-state index contributed by atoms with van der Waals surface area (Å²) in [6.45, 7) is 14.0. The summed E-state index contributed by atoms with van der Waals surface area (Å²) in [7, 11) is 0. The van der Waals surface area contributed by atoms with E-state index in [0.29, 0.717) is 0 Å². The largest absolute Gasteiger partial charge is 0.289 e. The van der Waals surface area contributed by atoms with Crippen LogP contribution in [0.2, 0.25) is 0 Å². The van der Waals surface area contributed by atoms with E-state index in [1.165, 1.54) is 0 Å². The van der Waals surface area contributed by atoms with Crippen LogP contribution in [0.3, 0.4) is 0 Å². The standard InChI is InChI=1S/C10H21NO2.C2H6/c1-6-9(2,3)7-10(4,5)8(12)11-13;1-2/h13H,6-7H2,1-5H3,(H,11,12);1-2H3. The Labute approximate surface area is 94.2 Å². The second kappa shape index (κ2) is 6.83. The Bertz CT molecular complexity index is 186. The fourth-order valence-corrected chi connectivity index (χ4v) is 1.55. The first-order valence-corrected chi connectivity index (χ1v) is 5.70. The van der Waals surface area contributed by atoms with Crippen LogP contribution in [0.5, 0.6) is 0 Å². The van der Waals surface area contributed by atoms with Gasteiger partial charge >= 0.3 is 0 Å². The number of nitrogens with one attached hydrogen (secondary N) is 1. The smallest absolute Gasteiger partial charge is 0.249 e. The highest BCUT2D eigenvalue weighted by atomic mass is 16.5. The van der Waals surface area contributed by atoms with Crippen molar-refractivity contribution in [2.75, 3.05) is 0 Å². The first-order valence-electron chi connectivity index (χ1n) is 5.70. The fraction of sp³-hybridized carbons (Fsp3) is 0.917. The number of carbonyl (C=O) groups excluding carboxylic acids is 1. The molecule has 0 heterocycles. The molecule has 0 aromatic rings. The Hall–Kier alpha value is -0.570. The van der Waals surface area contributed by atoms with Crippen LogP contribution in [0, 0.1) is 10.8 Å². The molecule has 0 aliphatic carbocycles. The minimum absolute atomic E-state index is 0.135. The zero-order valence-electron chi connectivity index (χ0n) is 11.3. The highest BCUT2D eigenvalue weighted by Crippen LogP contribution is 2.35. The zero-order valence-corrected chi connectivity index (χ0v) is 11.3. The average molecular weight is 217 g/mol. The van der Waals surface area contributed by atoms with Gasteiger partial charge in [0, 0.05) is 5.41 Å². The van der Waals surface area contributed by atoms with Crippen molar-refractivity contribution in [1.82, 2.24) is 5.48 Å². The van der Waals surface area contributed by atoms with Gasteiger partial charge < -0.3 is 0 Å². The molecule has 0 spiro atoms. The molecule has 0 saturated heterocycles. The number of hydrogen-bond acceptors (Lipinski definition) is 2. The van der Waals surface area contributed by atoms with Crippen LogP contribution in [-0.4, -0.2) is 11.1 Å². The summed E-state index contributed by atoms with van der Waals surface area (Å²) in [5, 5.41) is 8.54. The third kappa shape index (κ3) is 6.50. The van der Waals surface area contributed by atoms with E-state index in [2.05, 4.69) is 20.8 Å². The van der Waals surface area contributed by atoms with E-state index in [0.717, 1.165) is 12.8 Å². The van der Waals surface area contributed by atoms with E-state index in [1.54, 1.807) is 5.48 Å². The number of rotatable bonds is 4. The van der Waals surface area contributed by atoms with Crippen molar-refractivity contribution in [3.05, 3.63) is 0 Å². The molecule has 0 saturated carbocycles. The van der Waals surface area contributed by atoms with Gasteiger partial charge in [-0.2, -0.15) is 0 Å². The highest BCUT2D eigenvalue weighted by Gasteiger charge is 2.33. The van der Waals surface area contributed by atoms with Crippen LogP contribution in [0.1, 0.15) is 61.3 Å². The van der Waals surface area contributed by atoms with Crippen molar-refractivity contribution in [3.8, 4) is 0 Å². The number of hydrogen-bond donors (Lipinski definition) is 2. The fourth-order valence-electron chi connectivity index (χ4n) is 1.55. The Kier molecular flexibility index (Phi) is 7.67. The van der Waals surface area contributed by atoms with Crippen molar-refractivity contribution < 1.29 is 10.0 Å². The summed E-state index contributed by atoms with van der Waals surface area (Å²) in [6, 6.07) is 0. The molecular weight excluding hydrogens is 190 g/mol. The van der Waals surface area contributed by atoms with E-state index in [4.69, 9.17) is 5.21 Å². The topological polar surface area (TPSA) is 49.3 Å². The van der Waals surface area contributed by atoms with Crippen LogP contribution in [0.25, 0.3) is 0 Å². The summed E-state index contributed by atoms with van der Waals surface area (Å²) in [5.41, 5.74) is 1.34. The van der Waals surface area contributed by atoms with Gasteiger partial charge in [0.1, 0.15) is 0 Å². The molecule has 3 nitrogen and oxygen atoms in total. The maximum atomic E-state index is 11.3. The van der Waals surface area contributed by atoms with E-state index in [1.807, 2.05) is 27.7 Å². The van der Waals surface area contributed by atoms with E-state index in [-0.39, 0.29) is 11.3 Å². The van der Waals surface area contributed by atoms with Crippen molar-refractivity contribution in [2.45, 2.75) is 61.3 Å². The second-order valence-corrected chi connectivity index (χ2v) is 5.02. The summed E-state index contributed by atoms with van der Waals surface area (Å²) in [6.07, 6.45) is 1.79. The molecule has 0 aliphatic heterocycles. The summed E-state index contributed by atoms with van der Waals surface area (Å²) < 4.78 is 0. The Balaban J connectivity index is 0. The summed E-state index contributed by atoms with van der Waals surface area (Å²) in [5.74, 6) is -0.311. The molecule has 0 fully saturated rings. The Morgan fingerprint density at radius 3 is 1.87 bits per heavy atom. The molecule has 0 aliphatic rings. The normalized spacial score (nSPS) is 11.5. The molecule has 1 amide bonds. The molecule has 15 heavy (non-hydrogen) atoms. The van der Waals surface area contributed by atoms with Crippen molar-refractivity contribution in [3.63, 3.8) is 0 Å². The third-order valence-electron chi connectivity index (χ3n) is 2.59. The predicted molar refractivity (Wildman–Crippen MR) is 63.7 cm³/mol. The number of hydroxylamine groups is 1. The van der Waals surface area contributed by atoms with Gasteiger partial charge in [0.05, 0.1) is 0 Å². The lowest BCUT2D eigenvalue weighted by atomic mass is 9.73. The Morgan fingerprint density at radius 2 is 1.60 bits per heavy atom. The van der Waals surface area contributed by atoms with Crippen molar-refractivity contribution >= 4 is 5.91 Å². The molecule has 92 valence electrons. The van der Waals surface area contributed by atoms with Crippen molar-refractivity contribution in [2.24, 2.45) is 10.8 Å². The van der Waals surface area contributed by atoms with Gasteiger partial charge in [0.2, 0.25) is 5.91 Å². The lowest BCUT2D eigenvalue weighted by molar-refractivity contribution is -0.139. The molecule has 0 radical (unpaired) electrons. The lowest BCUT2D eigenvalue weighted by Crippen LogP contribution is -2.38. The zero-order chi connectivity index (χ0) is 12.7. The van der Waals surface area contributed by atoms with Crippen LogP contribution in [0.4, 0.5) is 0 Å². The second-order valence-electron chi connectivity index (χ2n) is 5.02. The summed E-state index contributed by atoms with van der Waals surface area (Å²) >= 11 is 0. The first-order chi connectivity index (χ1) is 6.75. The van der Waals surface area contributed by atoms with Gasteiger partial charge in [0.15, 0.2) is 0 Å². The van der Waals surface area contributed by atoms with Crippen LogP contribution in [-0.2, 0) is 4.79 Å². The third-order valence-corrected chi connectivity index (χ3v) is 2.59. The molecule has 0 atom stereocenters. The van der Waals surface area contributed by atoms with Gasteiger partial charge in [-0.15, -0.1) is 0 Å². The van der Waals surface area contributed by atoms with Gasteiger partial charge in [-0.3, -0.25) is 10.0 Å². The predicted octanol–water partition coefficient (Wildman–Crippen LogP) is 3.37. The monoisotopic (exact) mass is 217 g/mol. The van der Waals surface area contributed by atoms with Gasteiger partial charge in [0.25, 0.3) is 0 Å². The van der Waals surface area contributed by atoms with Crippen LogP contribution in [0.15, 0.2) is 0 Å². The highest BCUT2D eigenvalue weighted by molar-refractivity contribution is 5.80. The van der Waals surface area contributed by atoms with Gasteiger partial charge in [-0.25, -0.2) is 5.48 Å². The molecule has 0 rings (SSSR count). The average Bonchev–Trinajstić information content (AvgIpc) is 2.18. The number of carbonyl (C=O) groups is 1. The van der Waals surface area contributed by atoms with E-state index < -0.39 is 5.41 Å². The maximum absolute atomic E-state index is 11.3. The molecule has 3 heteroatoms. The SMILES string of the molecule is CC.CCC(C)(C)CC(C)(C)C(=O)NO. The van der Waals surface area contributed by atoms with Gasteiger partial charge in [-0.1, -0.05) is 54.9 Å². The molecule has 2 N–H and O–H groups in total. The maximum Gasteiger partial charge on any atom is 0.249 e. The molecule has 0 unspecified atom stereocenters. The minimum atomic E-state index is -0.506. The molecule has 0 bridgehead atoms. The molecule has 0 aromatic heterocycles. The van der Waals surface area contributed by atoms with Crippen LogP contribution < -0.4 is 5.48 Å². The molecular formula is C12H27NO2. The molecule has 0 aromatic carbocycles. The van der Waals surface area contributed by atoms with Gasteiger partial charge in [-0.05, 0) is 11.8 Å². The van der Waals surface area contributed by atoms with E-state index in [9.17, 15) is 4.79 Å². The summed E-state index contributed by atoms with van der Waals surface area (Å²) in [4.78, 5) is 11.3. The Morgan fingerprint density at radius 1 is 1.20 bits per heavy atom. The quantitative estimate of drug-likeness (QED) is 0.560.